The molecule has 2 aromatic rings. The molecule has 0 unspecified atom stereocenters. The van der Waals surface area contributed by atoms with Crippen LogP contribution in [-0.2, 0) is 5.75 Å². The first kappa shape index (κ1) is 15.8. The number of hydrogen-bond donors (Lipinski definition) is 1. The number of nitro benzene ring substituents is 1. The Bertz CT molecular complexity index is 685. The van der Waals surface area contributed by atoms with Gasteiger partial charge in [-0.25, -0.2) is 4.79 Å². The van der Waals surface area contributed by atoms with Gasteiger partial charge in [0.25, 0.3) is 5.69 Å². The van der Waals surface area contributed by atoms with Crippen molar-refractivity contribution in [3.05, 3.63) is 63.7 Å². The second kappa shape index (κ2) is 6.95. The first-order valence-electron chi connectivity index (χ1n) is 6.28. The van der Waals surface area contributed by atoms with Gasteiger partial charge in [0, 0.05) is 28.3 Å². The number of carbonyl (C=O) groups is 1. The number of carboxylic acids is 1. The molecule has 7 heteroatoms. The van der Waals surface area contributed by atoms with Crippen LogP contribution in [0.25, 0.3) is 0 Å². The zero-order valence-corrected chi connectivity index (χ0v) is 12.5. The summed E-state index contributed by atoms with van der Waals surface area (Å²) in [6, 6.07) is 11.3. The molecule has 2 aromatic carbocycles. The van der Waals surface area contributed by atoms with Gasteiger partial charge in [-0.3, -0.25) is 10.1 Å². The molecule has 0 amide bonds. The number of nitrogens with zero attached hydrogens (tertiary/aromatic N) is 1. The average molecular weight is 319 g/mol. The number of non-ortho nitro benzene ring substituents is 1. The van der Waals surface area contributed by atoms with Gasteiger partial charge in [0.05, 0.1) is 17.6 Å². The molecule has 0 aliphatic carbocycles. The van der Waals surface area contributed by atoms with Crippen LogP contribution in [0.2, 0.25) is 0 Å². The maximum atomic E-state index is 11.1. The van der Waals surface area contributed by atoms with Crippen LogP contribution < -0.4 is 4.74 Å². The summed E-state index contributed by atoms with van der Waals surface area (Å²) in [7, 11) is 1.57. The van der Waals surface area contributed by atoms with Crippen LogP contribution in [0.3, 0.4) is 0 Å². The minimum absolute atomic E-state index is 0.100. The quantitative estimate of drug-likeness (QED) is 0.497. The Kier molecular flexibility index (Phi) is 5.00. The third-order valence-corrected chi connectivity index (χ3v) is 3.96. The van der Waals surface area contributed by atoms with Crippen molar-refractivity contribution >= 4 is 23.4 Å². The summed E-state index contributed by atoms with van der Waals surface area (Å²) in [5.74, 6) is 0.0475. The molecule has 114 valence electrons. The molecule has 2 rings (SSSR count). The summed E-state index contributed by atoms with van der Waals surface area (Å²) >= 11 is 1.32. The summed E-state index contributed by atoms with van der Waals surface area (Å²) in [5.41, 5.74) is 0.595. The van der Waals surface area contributed by atoms with Gasteiger partial charge in [-0.15, -0.1) is 11.8 Å². The van der Waals surface area contributed by atoms with Crippen molar-refractivity contribution in [2.75, 3.05) is 7.11 Å². The average Bonchev–Trinajstić information content (AvgIpc) is 2.52. The normalized spacial score (nSPS) is 10.2. The summed E-state index contributed by atoms with van der Waals surface area (Å²) in [4.78, 5) is 21.9. The Morgan fingerprint density at radius 3 is 2.68 bits per heavy atom. The fourth-order valence-electron chi connectivity index (χ4n) is 1.88. The maximum absolute atomic E-state index is 11.1. The number of methoxy groups -OCH3 is 1. The van der Waals surface area contributed by atoms with E-state index >= 15 is 0 Å². The number of aromatic carboxylic acids is 1. The van der Waals surface area contributed by atoms with Gasteiger partial charge in [-0.2, -0.15) is 0 Å². The molecule has 0 atom stereocenters. The number of carboxylic acid groups (broad SMARTS) is 1. The van der Waals surface area contributed by atoms with Gasteiger partial charge >= 0.3 is 5.97 Å². The number of para-hydroxylation sites is 1. The second-order valence-electron chi connectivity index (χ2n) is 4.38. The molecule has 0 saturated heterocycles. The van der Waals surface area contributed by atoms with E-state index in [2.05, 4.69) is 0 Å². The van der Waals surface area contributed by atoms with Gasteiger partial charge in [0.15, 0.2) is 0 Å². The minimum Gasteiger partial charge on any atom is -0.496 e. The SMILES string of the molecule is COc1ccccc1CSc1cc(C(=O)O)cc([N+](=O)[O-])c1. The molecule has 0 spiro atoms. The Morgan fingerprint density at radius 2 is 2.05 bits per heavy atom. The van der Waals surface area contributed by atoms with Crippen molar-refractivity contribution in [1.82, 2.24) is 0 Å². The zero-order valence-electron chi connectivity index (χ0n) is 11.7. The lowest BCUT2D eigenvalue weighted by Crippen LogP contribution is -1.99. The summed E-state index contributed by atoms with van der Waals surface area (Å²) in [6.45, 7) is 0. The van der Waals surface area contributed by atoms with Gasteiger partial charge in [0.2, 0.25) is 0 Å². The highest BCUT2D eigenvalue weighted by molar-refractivity contribution is 7.98. The van der Waals surface area contributed by atoms with Gasteiger partial charge in [-0.05, 0) is 12.1 Å². The third-order valence-electron chi connectivity index (χ3n) is 2.94. The van der Waals surface area contributed by atoms with Gasteiger partial charge < -0.3 is 9.84 Å². The lowest BCUT2D eigenvalue weighted by atomic mass is 10.2. The van der Waals surface area contributed by atoms with Crippen molar-refractivity contribution in [3.63, 3.8) is 0 Å². The highest BCUT2D eigenvalue weighted by Gasteiger charge is 2.14. The van der Waals surface area contributed by atoms with Crippen LogP contribution in [-0.4, -0.2) is 23.1 Å². The second-order valence-corrected chi connectivity index (χ2v) is 5.43. The van der Waals surface area contributed by atoms with Gasteiger partial charge in [0.1, 0.15) is 5.75 Å². The van der Waals surface area contributed by atoms with Crippen LogP contribution in [0.4, 0.5) is 5.69 Å². The number of rotatable bonds is 6. The van der Waals surface area contributed by atoms with Crippen molar-refractivity contribution in [3.8, 4) is 5.75 Å². The van der Waals surface area contributed by atoms with Crippen LogP contribution in [0.15, 0.2) is 47.4 Å². The van der Waals surface area contributed by atoms with E-state index in [-0.39, 0.29) is 11.3 Å². The molecule has 22 heavy (non-hydrogen) atoms. The Hall–Kier alpha value is -2.54. The zero-order chi connectivity index (χ0) is 16.1. The largest absolute Gasteiger partial charge is 0.496 e. The summed E-state index contributed by atoms with van der Waals surface area (Å²) < 4.78 is 5.24. The van der Waals surface area contributed by atoms with E-state index in [0.29, 0.717) is 10.6 Å². The monoisotopic (exact) mass is 319 g/mol. The number of nitro groups is 1. The minimum atomic E-state index is -1.19. The third kappa shape index (κ3) is 3.76. The van der Waals surface area contributed by atoms with Crippen LogP contribution in [0.5, 0.6) is 5.75 Å². The standard InChI is InChI=1S/C15H13NO5S/c1-21-14-5-3-2-4-10(14)9-22-13-7-11(15(17)18)6-12(8-13)16(19)20/h2-8H,9H2,1H3,(H,17,18). The summed E-state index contributed by atoms with van der Waals surface area (Å²) in [5, 5.41) is 19.9. The van der Waals surface area contributed by atoms with E-state index in [9.17, 15) is 14.9 Å². The van der Waals surface area contributed by atoms with Gasteiger partial charge in [-0.1, -0.05) is 18.2 Å². The Morgan fingerprint density at radius 1 is 1.32 bits per heavy atom. The molecule has 0 heterocycles. The van der Waals surface area contributed by atoms with Crippen LogP contribution in [0.1, 0.15) is 15.9 Å². The molecular formula is C15H13NO5S. The molecular weight excluding hydrogens is 306 g/mol. The lowest BCUT2D eigenvalue weighted by molar-refractivity contribution is -0.385. The number of thioether (sulfide) groups is 1. The fourth-order valence-corrected chi connectivity index (χ4v) is 2.85. The molecule has 6 nitrogen and oxygen atoms in total. The molecule has 1 N–H and O–H groups in total. The Balaban J connectivity index is 2.25. The molecule has 0 fully saturated rings. The van der Waals surface area contributed by atoms with E-state index in [1.165, 1.54) is 23.9 Å². The van der Waals surface area contributed by atoms with E-state index in [1.54, 1.807) is 7.11 Å². The van der Waals surface area contributed by atoms with Crippen LogP contribution >= 0.6 is 11.8 Å². The Labute approximate surface area is 130 Å². The van der Waals surface area contributed by atoms with Crippen LogP contribution in [0, 0.1) is 10.1 Å². The topological polar surface area (TPSA) is 89.7 Å². The number of benzene rings is 2. The van der Waals surface area contributed by atoms with E-state index < -0.39 is 10.9 Å². The molecule has 0 aliphatic heterocycles. The predicted molar refractivity (Wildman–Crippen MR) is 82.6 cm³/mol. The molecule has 0 aliphatic rings. The molecule has 0 aromatic heterocycles. The first-order chi connectivity index (χ1) is 10.5. The highest BCUT2D eigenvalue weighted by atomic mass is 32.2. The molecule has 0 radical (unpaired) electrons. The maximum Gasteiger partial charge on any atom is 0.335 e. The first-order valence-corrected chi connectivity index (χ1v) is 7.27. The lowest BCUT2D eigenvalue weighted by Gasteiger charge is -2.08. The van der Waals surface area contributed by atoms with Crippen molar-refractivity contribution in [1.29, 1.82) is 0 Å². The fraction of sp³-hybridized carbons (Fsp3) is 0.133. The smallest absolute Gasteiger partial charge is 0.335 e. The highest BCUT2D eigenvalue weighted by Crippen LogP contribution is 2.30. The van der Waals surface area contributed by atoms with E-state index in [1.807, 2.05) is 24.3 Å². The molecule has 0 saturated carbocycles. The number of ether oxygens (including phenoxy) is 1. The summed E-state index contributed by atoms with van der Waals surface area (Å²) in [6.07, 6.45) is 0. The van der Waals surface area contributed by atoms with Crippen molar-refractivity contribution in [2.45, 2.75) is 10.6 Å². The van der Waals surface area contributed by atoms with E-state index in [4.69, 9.17) is 9.84 Å². The van der Waals surface area contributed by atoms with E-state index in [0.717, 1.165) is 17.4 Å². The number of hydrogen-bond acceptors (Lipinski definition) is 5. The predicted octanol–water partition coefficient (Wildman–Crippen LogP) is 3.59. The molecule has 0 bridgehead atoms. The van der Waals surface area contributed by atoms with Crippen molar-refractivity contribution in [2.24, 2.45) is 0 Å². The van der Waals surface area contributed by atoms with Crippen molar-refractivity contribution < 1.29 is 19.6 Å².